The minimum atomic E-state index is -1.18. The maximum atomic E-state index is 11.0. The second-order valence-electron chi connectivity index (χ2n) is 3.65. The molecule has 0 aliphatic carbocycles. The highest BCUT2D eigenvalue weighted by Crippen LogP contribution is 1.93. The molecule has 0 unspecified atom stereocenters. The molecule has 0 atom stereocenters. The van der Waals surface area contributed by atoms with Crippen LogP contribution in [0, 0.1) is 11.8 Å². The zero-order valence-corrected chi connectivity index (χ0v) is 10.6. The molecule has 0 aromatic heterocycles. The number of Topliss-reactive ketones (excluding diaryl/α,β-unsaturated/α-hetero) is 1. The average molecular weight is 270 g/mol. The summed E-state index contributed by atoms with van der Waals surface area (Å²) in [6.07, 6.45) is -1.18. The van der Waals surface area contributed by atoms with Crippen molar-refractivity contribution in [3.05, 3.63) is 0 Å². The number of hydrogen-bond donors (Lipinski definition) is 1. The van der Waals surface area contributed by atoms with E-state index >= 15 is 0 Å². The van der Waals surface area contributed by atoms with E-state index < -0.39 is 43.1 Å². The molecule has 0 saturated heterocycles. The lowest BCUT2D eigenvalue weighted by Crippen LogP contribution is -2.18. The summed E-state index contributed by atoms with van der Waals surface area (Å²) in [5.74, 6) is 0.202. The van der Waals surface area contributed by atoms with Gasteiger partial charge in [-0.05, 0) is 19.8 Å². The van der Waals surface area contributed by atoms with Crippen LogP contribution in [0.15, 0.2) is 0 Å². The number of aliphatic carboxylic acids is 1. The van der Waals surface area contributed by atoms with E-state index in [0.29, 0.717) is 0 Å². The first kappa shape index (κ1) is 16.6. The second-order valence-corrected chi connectivity index (χ2v) is 3.65. The Kier molecular flexibility index (Phi) is 7.61. The van der Waals surface area contributed by atoms with Crippen LogP contribution in [0.25, 0.3) is 0 Å². The van der Waals surface area contributed by atoms with E-state index in [2.05, 4.69) is 21.3 Å². The van der Waals surface area contributed by atoms with Crippen LogP contribution in [0.1, 0.15) is 26.7 Å². The molecular formula is C12H14O7. The third-order valence-electron chi connectivity index (χ3n) is 1.60. The maximum Gasteiger partial charge on any atom is 0.384 e. The lowest BCUT2D eigenvalue weighted by molar-refractivity contribution is -0.153. The third kappa shape index (κ3) is 9.35. The van der Waals surface area contributed by atoms with E-state index in [1.807, 2.05) is 0 Å². The summed E-state index contributed by atoms with van der Waals surface area (Å²) in [7, 11) is 0. The number of carbonyl (C=O) groups is 4. The van der Waals surface area contributed by atoms with E-state index in [-0.39, 0.29) is 6.10 Å². The standard InChI is InChI=1S/C12H14O7/c1-8(2)19-11(16)4-3-7-18-12(17)9(13)5-6-10(14)15/h8H,5-7H2,1-2H3,(H,14,15). The number of carboxylic acid groups (broad SMARTS) is 1. The molecule has 0 saturated carbocycles. The van der Waals surface area contributed by atoms with E-state index in [0.717, 1.165) is 0 Å². The van der Waals surface area contributed by atoms with Gasteiger partial charge in [0.25, 0.3) is 0 Å². The van der Waals surface area contributed by atoms with Gasteiger partial charge in [-0.3, -0.25) is 9.59 Å². The number of carboxylic acids is 1. The molecule has 104 valence electrons. The molecular weight excluding hydrogens is 256 g/mol. The number of hydrogen-bond acceptors (Lipinski definition) is 6. The van der Waals surface area contributed by atoms with Crippen molar-refractivity contribution in [2.45, 2.75) is 32.8 Å². The van der Waals surface area contributed by atoms with Crippen LogP contribution in [0.3, 0.4) is 0 Å². The van der Waals surface area contributed by atoms with Gasteiger partial charge in [0.05, 0.1) is 12.5 Å². The van der Waals surface area contributed by atoms with Crippen molar-refractivity contribution < 1.29 is 33.8 Å². The zero-order chi connectivity index (χ0) is 14.8. The fraction of sp³-hybridized carbons (Fsp3) is 0.500. The van der Waals surface area contributed by atoms with Crippen LogP contribution in [-0.4, -0.2) is 41.5 Å². The smallest absolute Gasteiger partial charge is 0.384 e. The molecule has 1 N–H and O–H groups in total. The Morgan fingerprint density at radius 2 is 1.79 bits per heavy atom. The molecule has 7 heteroatoms. The molecule has 0 amide bonds. The Labute approximate surface area is 109 Å². The summed E-state index contributed by atoms with van der Waals surface area (Å²) in [6, 6.07) is 0. The first-order valence-corrected chi connectivity index (χ1v) is 5.44. The van der Waals surface area contributed by atoms with Crippen molar-refractivity contribution in [3.8, 4) is 11.8 Å². The molecule has 0 aliphatic heterocycles. The monoisotopic (exact) mass is 270 g/mol. The van der Waals surface area contributed by atoms with Gasteiger partial charge >= 0.3 is 17.9 Å². The van der Waals surface area contributed by atoms with Gasteiger partial charge in [-0.2, -0.15) is 0 Å². The summed E-state index contributed by atoms with van der Waals surface area (Å²) in [6.45, 7) is 2.87. The minimum absolute atomic E-state index is 0.304. The van der Waals surface area contributed by atoms with Crippen molar-refractivity contribution in [2.75, 3.05) is 6.61 Å². The fourth-order valence-corrected chi connectivity index (χ4v) is 0.856. The molecule has 0 bridgehead atoms. The van der Waals surface area contributed by atoms with E-state index in [4.69, 9.17) is 5.11 Å². The number of esters is 2. The van der Waals surface area contributed by atoms with Crippen LogP contribution in [-0.2, 0) is 28.7 Å². The highest BCUT2D eigenvalue weighted by Gasteiger charge is 2.15. The molecule has 0 aromatic carbocycles. The van der Waals surface area contributed by atoms with E-state index in [1.165, 1.54) is 0 Å². The number of carbonyl (C=O) groups excluding carboxylic acids is 3. The third-order valence-corrected chi connectivity index (χ3v) is 1.60. The van der Waals surface area contributed by atoms with E-state index in [1.54, 1.807) is 13.8 Å². The minimum Gasteiger partial charge on any atom is -0.481 e. The predicted octanol–water partition coefficient (Wildman–Crippen LogP) is -0.0815. The number of ketones is 1. The predicted molar refractivity (Wildman–Crippen MR) is 61.8 cm³/mol. The Morgan fingerprint density at radius 1 is 1.16 bits per heavy atom. The topological polar surface area (TPSA) is 107 Å². The van der Waals surface area contributed by atoms with Gasteiger partial charge in [0.15, 0.2) is 6.61 Å². The fourth-order valence-electron chi connectivity index (χ4n) is 0.856. The molecule has 0 aliphatic rings. The Balaban J connectivity index is 3.98. The molecule has 7 nitrogen and oxygen atoms in total. The van der Waals surface area contributed by atoms with Crippen molar-refractivity contribution in [2.24, 2.45) is 0 Å². The number of rotatable bonds is 6. The largest absolute Gasteiger partial charge is 0.481 e. The quantitative estimate of drug-likeness (QED) is 0.311. The van der Waals surface area contributed by atoms with Gasteiger partial charge in [-0.25, -0.2) is 9.59 Å². The molecule has 0 rings (SSSR count). The molecule has 0 fully saturated rings. The summed E-state index contributed by atoms with van der Waals surface area (Å²) >= 11 is 0. The van der Waals surface area contributed by atoms with E-state index in [9.17, 15) is 19.2 Å². The van der Waals surface area contributed by atoms with Gasteiger partial charge in [-0.1, -0.05) is 0 Å². The second kappa shape index (κ2) is 8.69. The van der Waals surface area contributed by atoms with Crippen LogP contribution in [0.4, 0.5) is 0 Å². The number of ether oxygens (including phenoxy) is 2. The van der Waals surface area contributed by atoms with Crippen molar-refractivity contribution in [1.82, 2.24) is 0 Å². The molecule has 0 spiro atoms. The van der Waals surface area contributed by atoms with Gasteiger partial charge < -0.3 is 14.6 Å². The first-order chi connectivity index (χ1) is 8.82. The normalized spacial score (nSPS) is 9.21. The summed E-state index contributed by atoms with van der Waals surface area (Å²) in [5, 5.41) is 8.31. The Hall–Kier alpha value is -2.36. The average Bonchev–Trinajstić information content (AvgIpc) is 2.30. The molecule has 19 heavy (non-hydrogen) atoms. The lowest BCUT2D eigenvalue weighted by atomic mass is 10.2. The summed E-state index contributed by atoms with van der Waals surface area (Å²) in [5.41, 5.74) is 0. The van der Waals surface area contributed by atoms with Crippen LogP contribution in [0.5, 0.6) is 0 Å². The van der Waals surface area contributed by atoms with Crippen LogP contribution >= 0.6 is 0 Å². The highest BCUT2D eigenvalue weighted by molar-refractivity contribution is 6.33. The van der Waals surface area contributed by atoms with Crippen LogP contribution in [0.2, 0.25) is 0 Å². The van der Waals surface area contributed by atoms with Crippen molar-refractivity contribution in [3.63, 3.8) is 0 Å². The summed E-state index contributed by atoms with van der Waals surface area (Å²) < 4.78 is 9.11. The lowest BCUT2D eigenvalue weighted by Gasteiger charge is -2.02. The Morgan fingerprint density at radius 3 is 2.32 bits per heavy atom. The molecule has 0 heterocycles. The molecule has 0 radical (unpaired) electrons. The maximum absolute atomic E-state index is 11.0. The van der Waals surface area contributed by atoms with Gasteiger partial charge in [-0.15, -0.1) is 0 Å². The van der Waals surface area contributed by atoms with Crippen molar-refractivity contribution in [1.29, 1.82) is 0 Å². The SMILES string of the molecule is CC(C)OC(=O)C#CCOC(=O)C(=O)CCC(=O)O. The van der Waals surface area contributed by atoms with Gasteiger partial charge in [0.2, 0.25) is 5.78 Å². The highest BCUT2D eigenvalue weighted by atomic mass is 16.5. The Bertz CT molecular complexity index is 425. The van der Waals surface area contributed by atoms with Crippen LogP contribution < -0.4 is 0 Å². The summed E-state index contributed by atoms with van der Waals surface area (Å²) in [4.78, 5) is 43.2. The van der Waals surface area contributed by atoms with Gasteiger partial charge in [0.1, 0.15) is 0 Å². The van der Waals surface area contributed by atoms with Crippen molar-refractivity contribution >= 4 is 23.7 Å². The first-order valence-electron chi connectivity index (χ1n) is 5.44. The molecule has 0 aromatic rings. The van der Waals surface area contributed by atoms with Gasteiger partial charge in [0, 0.05) is 12.3 Å². The zero-order valence-electron chi connectivity index (χ0n) is 10.6.